The summed E-state index contributed by atoms with van der Waals surface area (Å²) in [4.78, 5) is 22.8. The second kappa shape index (κ2) is 7.13. The molecule has 0 amide bonds. The summed E-state index contributed by atoms with van der Waals surface area (Å²) < 4.78 is 0.818. The highest BCUT2D eigenvalue weighted by molar-refractivity contribution is 9.10. The first-order valence-electron chi connectivity index (χ1n) is 6.52. The van der Waals surface area contributed by atoms with Gasteiger partial charge in [0.1, 0.15) is 0 Å². The normalized spacial score (nSPS) is 11.9. The van der Waals surface area contributed by atoms with E-state index in [1.807, 2.05) is 36.4 Å². The van der Waals surface area contributed by atoms with E-state index in [2.05, 4.69) is 15.9 Å². The zero-order valence-electron chi connectivity index (χ0n) is 11.2. The van der Waals surface area contributed by atoms with Crippen LogP contribution in [0.5, 0.6) is 0 Å². The van der Waals surface area contributed by atoms with Gasteiger partial charge in [-0.3, -0.25) is 14.9 Å². The number of nitrogens with zero attached hydrogens (tertiary/aromatic N) is 1. The zero-order chi connectivity index (χ0) is 15.2. The van der Waals surface area contributed by atoms with Crippen molar-refractivity contribution in [3.8, 4) is 0 Å². The predicted molar refractivity (Wildman–Crippen MR) is 84.1 cm³/mol. The van der Waals surface area contributed by atoms with Gasteiger partial charge in [0.2, 0.25) is 6.54 Å². The van der Waals surface area contributed by atoms with Crippen LogP contribution >= 0.6 is 15.9 Å². The van der Waals surface area contributed by atoms with Crippen LogP contribution in [0.15, 0.2) is 59.1 Å². The molecule has 2 rings (SSSR count). The minimum Gasteiger partial charge on any atom is -0.294 e. The summed E-state index contributed by atoms with van der Waals surface area (Å²) in [6, 6.07) is 16.2. The lowest BCUT2D eigenvalue weighted by Crippen LogP contribution is -2.16. The van der Waals surface area contributed by atoms with Crippen LogP contribution in [0.2, 0.25) is 0 Å². The third kappa shape index (κ3) is 4.49. The molecule has 0 unspecified atom stereocenters. The van der Waals surface area contributed by atoms with Crippen LogP contribution in [0.1, 0.15) is 28.3 Å². The number of hydrogen-bond acceptors (Lipinski definition) is 3. The molecule has 0 aromatic heterocycles. The second-order valence-electron chi connectivity index (χ2n) is 4.76. The highest BCUT2D eigenvalue weighted by atomic mass is 79.9. The lowest BCUT2D eigenvalue weighted by molar-refractivity contribution is -0.483. The van der Waals surface area contributed by atoms with Crippen LogP contribution in [0.25, 0.3) is 0 Å². The number of Topliss-reactive ketones (excluding diaryl/α,β-unsaturated/α-hetero) is 1. The van der Waals surface area contributed by atoms with Gasteiger partial charge in [0.15, 0.2) is 5.78 Å². The Morgan fingerprint density at radius 2 is 1.86 bits per heavy atom. The second-order valence-corrected chi connectivity index (χ2v) is 5.68. The van der Waals surface area contributed by atoms with Crippen LogP contribution in [0, 0.1) is 10.1 Å². The summed E-state index contributed by atoms with van der Waals surface area (Å²) in [5.74, 6) is -0.500. The lowest BCUT2D eigenvalue weighted by Gasteiger charge is -2.12. The average Bonchev–Trinajstić information content (AvgIpc) is 2.47. The Labute approximate surface area is 131 Å². The molecule has 2 aromatic rings. The SMILES string of the molecule is O=C(C[C@@H](C[N+](=O)[O-])c1ccccc1)c1cccc(Br)c1. The van der Waals surface area contributed by atoms with Gasteiger partial charge in [-0.15, -0.1) is 0 Å². The summed E-state index contributed by atoms with van der Waals surface area (Å²) in [7, 11) is 0. The van der Waals surface area contributed by atoms with Gasteiger partial charge in [0, 0.05) is 21.4 Å². The standard InChI is InChI=1S/C16H14BrNO3/c17-15-8-4-7-13(9-15)16(19)10-14(11-18(20)21)12-5-2-1-3-6-12/h1-9,14H,10-11H2/t14-/m0/s1. The quantitative estimate of drug-likeness (QED) is 0.449. The van der Waals surface area contributed by atoms with Crippen molar-refractivity contribution in [1.29, 1.82) is 0 Å². The molecule has 0 radical (unpaired) electrons. The Morgan fingerprint density at radius 1 is 1.14 bits per heavy atom. The van der Waals surface area contributed by atoms with E-state index < -0.39 is 5.92 Å². The molecule has 0 N–H and O–H groups in total. The molecule has 0 spiro atoms. The molecule has 0 aliphatic rings. The van der Waals surface area contributed by atoms with Crippen molar-refractivity contribution >= 4 is 21.7 Å². The first-order valence-corrected chi connectivity index (χ1v) is 7.31. The topological polar surface area (TPSA) is 60.2 Å². The molecule has 0 saturated heterocycles. The van der Waals surface area contributed by atoms with Crippen molar-refractivity contribution in [1.82, 2.24) is 0 Å². The maximum Gasteiger partial charge on any atom is 0.211 e. The van der Waals surface area contributed by atoms with Gasteiger partial charge in [-0.25, -0.2) is 0 Å². The number of ketones is 1. The average molecular weight is 348 g/mol. The number of carbonyl (C=O) groups excluding carboxylic acids is 1. The van der Waals surface area contributed by atoms with Crippen molar-refractivity contribution in [3.63, 3.8) is 0 Å². The Hall–Kier alpha value is -2.01. The van der Waals surface area contributed by atoms with Crippen LogP contribution in [0.3, 0.4) is 0 Å². The first-order chi connectivity index (χ1) is 10.1. The summed E-state index contributed by atoms with van der Waals surface area (Å²) >= 11 is 3.32. The van der Waals surface area contributed by atoms with Crippen molar-refractivity contribution in [2.75, 3.05) is 6.54 Å². The number of nitro groups is 1. The predicted octanol–water partition coefficient (Wildman–Crippen LogP) is 4.08. The summed E-state index contributed by atoms with van der Waals surface area (Å²) in [6.45, 7) is -0.246. The van der Waals surface area contributed by atoms with E-state index >= 15 is 0 Å². The highest BCUT2D eigenvalue weighted by Gasteiger charge is 2.22. The number of hydrogen-bond donors (Lipinski definition) is 0. The molecule has 5 heteroatoms. The minimum absolute atomic E-state index is 0.0907. The number of halogens is 1. The van der Waals surface area contributed by atoms with Gasteiger partial charge in [0.25, 0.3) is 0 Å². The third-order valence-electron chi connectivity index (χ3n) is 3.22. The number of carbonyl (C=O) groups is 1. The van der Waals surface area contributed by atoms with Gasteiger partial charge < -0.3 is 0 Å². The van der Waals surface area contributed by atoms with E-state index in [1.54, 1.807) is 18.2 Å². The molecule has 2 aromatic carbocycles. The first kappa shape index (κ1) is 15.4. The molecule has 4 nitrogen and oxygen atoms in total. The van der Waals surface area contributed by atoms with Crippen LogP contribution in [0.4, 0.5) is 0 Å². The van der Waals surface area contributed by atoms with Crippen molar-refractivity contribution < 1.29 is 9.72 Å². The zero-order valence-corrected chi connectivity index (χ0v) is 12.8. The van der Waals surface area contributed by atoms with E-state index in [0.29, 0.717) is 5.56 Å². The fourth-order valence-corrected chi connectivity index (χ4v) is 2.60. The maximum atomic E-state index is 12.3. The largest absolute Gasteiger partial charge is 0.294 e. The van der Waals surface area contributed by atoms with E-state index in [0.717, 1.165) is 10.0 Å². The van der Waals surface area contributed by atoms with Gasteiger partial charge in [-0.1, -0.05) is 58.4 Å². The maximum absolute atomic E-state index is 12.3. The molecule has 0 bridgehead atoms. The lowest BCUT2D eigenvalue weighted by atomic mass is 9.91. The van der Waals surface area contributed by atoms with E-state index in [9.17, 15) is 14.9 Å². The van der Waals surface area contributed by atoms with Crippen LogP contribution < -0.4 is 0 Å². The summed E-state index contributed by atoms with van der Waals surface area (Å²) in [5, 5.41) is 10.8. The molecule has 108 valence electrons. The van der Waals surface area contributed by atoms with Gasteiger partial charge in [-0.2, -0.15) is 0 Å². The fourth-order valence-electron chi connectivity index (χ4n) is 2.20. The molecular weight excluding hydrogens is 334 g/mol. The highest BCUT2D eigenvalue weighted by Crippen LogP contribution is 2.23. The molecule has 21 heavy (non-hydrogen) atoms. The van der Waals surface area contributed by atoms with Gasteiger partial charge in [-0.05, 0) is 17.7 Å². The van der Waals surface area contributed by atoms with Crippen molar-refractivity contribution in [2.24, 2.45) is 0 Å². The Kier molecular flexibility index (Phi) is 5.22. The van der Waals surface area contributed by atoms with Gasteiger partial charge in [0.05, 0.1) is 5.92 Å². The Balaban J connectivity index is 2.19. The third-order valence-corrected chi connectivity index (χ3v) is 3.71. The van der Waals surface area contributed by atoms with Crippen LogP contribution in [-0.2, 0) is 0 Å². The van der Waals surface area contributed by atoms with Crippen LogP contribution in [-0.4, -0.2) is 17.3 Å². The molecule has 0 fully saturated rings. The minimum atomic E-state index is -0.410. The Bertz CT molecular complexity index is 643. The molecule has 0 heterocycles. The van der Waals surface area contributed by atoms with Crippen molar-refractivity contribution in [2.45, 2.75) is 12.3 Å². The van der Waals surface area contributed by atoms with E-state index in [1.165, 1.54) is 0 Å². The van der Waals surface area contributed by atoms with E-state index in [-0.39, 0.29) is 23.7 Å². The smallest absolute Gasteiger partial charge is 0.211 e. The number of rotatable bonds is 6. The van der Waals surface area contributed by atoms with E-state index in [4.69, 9.17) is 0 Å². The molecule has 0 aliphatic carbocycles. The molecule has 0 saturated carbocycles. The number of benzene rings is 2. The summed E-state index contributed by atoms with van der Waals surface area (Å²) in [5.41, 5.74) is 1.38. The molecular formula is C16H14BrNO3. The molecule has 0 aliphatic heterocycles. The monoisotopic (exact) mass is 347 g/mol. The fraction of sp³-hybridized carbons (Fsp3) is 0.188. The van der Waals surface area contributed by atoms with Crippen molar-refractivity contribution in [3.05, 3.63) is 80.3 Å². The molecule has 1 atom stereocenters. The summed E-state index contributed by atoms with van der Waals surface area (Å²) in [6.07, 6.45) is 0.126. The van der Waals surface area contributed by atoms with Gasteiger partial charge >= 0.3 is 0 Å². The Morgan fingerprint density at radius 3 is 2.48 bits per heavy atom.